The highest BCUT2D eigenvalue weighted by Gasteiger charge is 2.36. The van der Waals surface area contributed by atoms with Crippen LogP contribution in [0.5, 0.6) is 0 Å². The van der Waals surface area contributed by atoms with Gasteiger partial charge in [-0.25, -0.2) is 12.8 Å². The molecule has 1 fully saturated rings. The largest absolute Gasteiger partial charge is 0.352 e. The number of rotatable bonds is 12. The van der Waals surface area contributed by atoms with Crippen LogP contribution >= 0.6 is 11.6 Å². The summed E-state index contributed by atoms with van der Waals surface area (Å²) < 4.78 is 43.9. The first-order chi connectivity index (χ1) is 21.7. The fourth-order valence-corrected chi connectivity index (χ4v) is 7.30. The molecule has 0 heterocycles. The number of carbonyl (C=O) groups is 2. The standard InChI is InChI=1S/C35H35ClFN3O4S/c36-28-15-11-14-27(22-28)24-39(33(23-26-12-3-1-4-13-26)35(42)38-29-16-7-8-17-29)34(41)25-40(32-21-10-9-20-31(32)37)45(43,44)30-18-5-2-6-19-30/h1-6,9-15,18-22,29,33H,7-8,16-17,23-25H2,(H,38,42)/t33-/m1/s1. The molecular formula is C35H35ClFN3O4S. The summed E-state index contributed by atoms with van der Waals surface area (Å²) in [5.74, 6) is -1.80. The van der Waals surface area contributed by atoms with Gasteiger partial charge in [0.2, 0.25) is 11.8 Å². The van der Waals surface area contributed by atoms with Crippen LogP contribution in [0.25, 0.3) is 0 Å². The molecule has 2 amide bonds. The van der Waals surface area contributed by atoms with Gasteiger partial charge in [0.15, 0.2) is 0 Å². The fourth-order valence-electron chi connectivity index (χ4n) is 5.64. The van der Waals surface area contributed by atoms with Gasteiger partial charge in [0, 0.05) is 24.0 Å². The Morgan fingerprint density at radius 2 is 1.47 bits per heavy atom. The molecule has 0 unspecified atom stereocenters. The Labute approximate surface area is 268 Å². The van der Waals surface area contributed by atoms with Crippen molar-refractivity contribution >= 4 is 39.1 Å². The molecule has 0 aliphatic heterocycles. The third-order valence-corrected chi connectivity index (χ3v) is 9.95. The number of anilines is 1. The van der Waals surface area contributed by atoms with Crippen molar-refractivity contribution in [2.75, 3.05) is 10.8 Å². The van der Waals surface area contributed by atoms with Crippen LogP contribution in [0.15, 0.2) is 114 Å². The third-order valence-electron chi connectivity index (χ3n) is 7.95. The summed E-state index contributed by atoms with van der Waals surface area (Å²) in [6, 6.07) is 28.3. The SMILES string of the molecule is O=C(NC1CCCC1)[C@@H](Cc1ccccc1)N(Cc1cccc(Cl)c1)C(=O)CN(c1ccccc1F)S(=O)(=O)c1ccccc1. The van der Waals surface area contributed by atoms with Crippen LogP contribution in [0.4, 0.5) is 10.1 Å². The van der Waals surface area contributed by atoms with Crippen molar-refractivity contribution in [2.45, 2.75) is 55.6 Å². The van der Waals surface area contributed by atoms with Gasteiger partial charge in [-0.05, 0) is 60.4 Å². The smallest absolute Gasteiger partial charge is 0.264 e. The van der Waals surface area contributed by atoms with E-state index in [-0.39, 0.29) is 35.5 Å². The number of hydrogen-bond acceptors (Lipinski definition) is 4. The molecular weight excluding hydrogens is 613 g/mol. The van der Waals surface area contributed by atoms with E-state index in [2.05, 4.69) is 5.32 Å². The molecule has 1 aliphatic carbocycles. The highest BCUT2D eigenvalue weighted by molar-refractivity contribution is 7.92. The molecule has 7 nitrogen and oxygen atoms in total. The van der Waals surface area contributed by atoms with Gasteiger partial charge in [-0.1, -0.05) is 97.2 Å². The Hall–Kier alpha value is -4.21. The van der Waals surface area contributed by atoms with Crippen molar-refractivity contribution < 1.29 is 22.4 Å². The van der Waals surface area contributed by atoms with Crippen LogP contribution < -0.4 is 9.62 Å². The summed E-state index contributed by atoms with van der Waals surface area (Å²) in [5, 5.41) is 3.58. The van der Waals surface area contributed by atoms with E-state index in [1.54, 1.807) is 42.5 Å². The summed E-state index contributed by atoms with van der Waals surface area (Å²) in [7, 11) is -4.38. The first kappa shape index (κ1) is 32.2. The molecule has 45 heavy (non-hydrogen) atoms. The summed E-state index contributed by atoms with van der Waals surface area (Å²) in [5.41, 5.74) is 1.22. The molecule has 1 aliphatic rings. The Bertz CT molecular complexity index is 1720. The van der Waals surface area contributed by atoms with Crippen molar-refractivity contribution in [2.24, 2.45) is 0 Å². The van der Waals surface area contributed by atoms with Gasteiger partial charge in [-0.3, -0.25) is 13.9 Å². The molecule has 4 aromatic rings. The van der Waals surface area contributed by atoms with Gasteiger partial charge in [-0.15, -0.1) is 0 Å². The lowest BCUT2D eigenvalue weighted by molar-refractivity contribution is -0.140. The van der Waals surface area contributed by atoms with E-state index >= 15 is 4.39 Å². The molecule has 0 saturated heterocycles. The lowest BCUT2D eigenvalue weighted by Gasteiger charge is -2.34. The molecule has 0 bridgehead atoms. The minimum atomic E-state index is -4.38. The van der Waals surface area contributed by atoms with E-state index in [1.807, 2.05) is 30.3 Å². The maximum absolute atomic E-state index is 15.2. The van der Waals surface area contributed by atoms with Crippen molar-refractivity contribution in [3.63, 3.8) is 0 Å². The fraction of sp³-hybridized carbons (Fsp3) is 0.257. The van der Waals surface area contributed by atoms with Crippen LogP contribution in [0.3, 0.4) is 0 Å². The number of amides is 2. The lowest BCUT2D eigenvalue weighted by Crippen LogP contribution is -2.54. The van der Waals surface area contributed by atoms with Crippen molar-refractivity contribution in [3.05, 3.63) is 131 Å². The summed E-state index contributed by atoms with van der Waals surface area (Å²) >= 11 is 6.29. The van der Waals surface area contributed by atoms with E-state index in [9.17, 15) is 18.0 Å². The molecule has 1 saturated carbocycles. The normalized spacial score (nSPS) is 14.1. The molecule has 4 aromatic carbocycles. The molecule has 0 spiro atoms. The minimum absolute atomic E-state index is 0.00716. The average molecular weight is 648 g/mol. The first-order valence-corrected chi connectivity index (χ1v) is 16.7. The zero-order valence-electron chi connectivity index (χ0n) is 24.7. The average Bonchev–Trinajstić information content (AvgIpc) is 3.56. The Balaban J connectivity index is 1.57. The maximum atomic E-state index is 15.2. The molecule has 5 rings (SSSR count). The quantitative estimate of drug-likeness (QED) is 0.194. The van der Waals surface area contributed by atoms with E-state index < -0.39 is 34.3 Å². The monoisotopic (exact) mass is 647 g/mol. The number of halogens is 2. The number of hydrogen-bond donors (Lipinski definition) is 1. The van der Waals surface area contributed by atoms with Gasteiger partial charge >= 0.3 is 0 Å². The van der Waals surface area contributed by atoms with Gasteiger partial charge in [0.05, 0.1) is 10.6 Å². The minimum Gasteiger partial charge on any atom is -0.352 e. The molecule has 10 heteroatoms. The maximum Gasteiger partial charge on any atom is 0.264 e. The van der Waals surface area contributed by atoms with Crippen LogP contribution in [-0.2, 0) is 32.6 Å². The Morgan fingerprint density at radius 3 is 2.13 bits per heavy atom. The van der Waals surface area contributed by atoms with E-state index in [0.717, 1.165) is 41.6 Å². The lowest BCUT2D eigenvalue weighted by atomic mass is 10.0. The topological polar surface area (TPSA) is 86.8 Å². The number of nitrogens with zero attached hydrogens (tertiary/aromatic N) is 2. The first-order valence-electron chi connectivity index (χ1n) is 14.9. The molecule has 1 atom stereocenters. The highest BCUT2D eigenvalue weighted by atomic mass is 35.5. The zero-order valence-corrected chi connectivity index (χ0v) is 26.3. The van der Waals surface area contributed by atoms with E-state index in [0.29, 0.717) is 10.6 Å². The van der Waals surface area contributed by atoms with Crippen LogP contribution in [0, 0.1) is 5.82 Å². The van der Waals surface area contributed by atoms with E-state index in [4.69, 9.17) is 11.6 Å². The van der Waals surface area contributed by atoms with Crippen LogP contribution in [0.1, 0.15) is 36.8 Å². The molecule has 0 aromatic heterocycles. The molecule has 0 radical (unpaired) electrons. The number of sulfonamides is 1. The van der Waals surface area contributed by atoms with Gasteiger partial charge in [-0.2, -0.15) is 0 Å². The second-order valence-corrected chi connectivity index (χ2v) is 13.4. The predicted octanol–water partition coefficient (Wildman–Crippen LogP) is 6.37. The van der Waals surface area contributed by atoms with Crippen molar-refractivity contribution in [3.8, 4) is 0 Å². The number of benzene rings is 4. The zero-order chi connectivity index (χ0) is 31.8. The molecule has 234 valence electrons. The number of carbonyl (C=O) groups excluding carboxylic acids is 2. The Morgan fingerprint density at radius 1 is 0.844 bits per heavy atom. The van der Waals surface area contributed by atoms with E-state index in [1.165, 1.54) is 35.2 Å². The summed E-state index contributed by atoms with van der Waals surface area (Å²) in [6.45, 7) is -0.758. The Kier molecular flexibility index (Phi) is 10.5. The van der Waals surface area contributed by atoms with Gasteiger partial charge < -0.3 is 10.2 Å². The second kappa shape index (κ2) is 14.7. The van der Waals surface area contributed by atoms with Crippen molar-refractivity contribution in [1.82, 2.24) is 10.2 Å². The predicted molar refractivity (Wildman–Crippen MR) is 174 cm³/mol. The number of para-hydroxylation sites is 1. The third kappa shape index (κ3) is 8.09. The van der Waals surface area contributed by atoms with Crippen LogP contribution in [0.2, 0.25) is 5.02 Å². The second-order valence-electron chi connectivity index (χ2n) is 11.1. The van der Waals surface area contributed by atoms with Gasteiger partial charge in [0.1, 0.15) is 18.4 Å². The van der Waals surface area contributed by atoms with Gasteiger partial charge in [0.25, 0.3) is 10.0 Å². The number of nitrogens with one attached hydrogen (secondary N) is 1. The summed E-state index contributed by atoms with van der Waals surface area (Å²) in [6.07, 6.45) is 3.91. The highest BCUT2D eigenvalue weighted by Crippen LogP contribution is 2.28. The summed E-state index contributed by atoms with van der Waals surface area (Å²) in [4.78, 5) is 29.8. The molecule has 1 N–H and O–H groups in total. The van der Waals surface area contributed by atoms with Crippen LogP contribution in [-0.4, -0.2) is 43.8 Å². The van der Waals surface area contributed by atoms with Crippen molar-refractivity contribution in [1.29, 1.82) is 0 Å².